The summed E-state index contributed by atoms with van der Waals surface area (Å²) in [6, 6.07) is 17.8. The van der Waals surface area contributed by atoms with Crippen LogP contribution in [0.4, 0.5) is 0 Å². The Morgan fingerprint density at radius 2 is 1.68 bits per heavy atom. The van der Waals surface area contributed by atoms with Crippen LogP contribution < -0.4 is 10.1 Å². The van der Waals surface area contributed by atoms with E-state index < -0.39 is 0 Å². The SMILES string of the molecule is COCC(C)NC(=O)COc1ccc(-c2ccccc2)cc1. The van der Waals surface area contributed by atoms with Crippen LogP contribution in [-0.2, 0) is 9.53 Å². The van der Waals surface area contributed by atoms with E-state index in [1.165, 1.54) is 0 Å². The largest absolute Gasteiger partial charge is 0.484 e. The fourth-order valence-corrected chi connectivity index (χ4v) is 2.13. The number of carbonyl (C=O) groups excluding carboxylic acids is 1. The molecule has 1 atom stereocenters. The number of ether oxygens (including phenoxy) is 2. The summed E-state index contributed by atoms with van der Waals surface area (Å²) in [5.41, 5.74) is 2.27. The summed E-state index contributed by atoms with van der Waals surface area (Å²) in [5, 5.41) is 2.80. The zero-order chi connectivity index (χ0) is 15.8. The zero-order valence-corrected chi connectivity index (χ0v) is 12.9. The molecule has 1 unspecified atom stereocenters. The van der Waals surface area contributed by atoms with Gasteiger partial charge in [0.05, 0.1) is 6.61 Å². The van der Waals surface area contributed by atoms with Gasteiger partial charge in [0.1, 0.15) is 5.75 Å². The van der Waals surface area contributed by atoms with E-state index in [-0.39, 0.29) is 18.6 Å². The van der Waals surface area contributed by atoms with Gasteiger partial charge in [-0.1, -0.05) is 42.5 Å². The summed E-state index contributed by atoms with van der Waals surface area (Å²) < 4.78 is 10.5. The molecule has 0 spiro atoms. The minimum Gasteiger partial charge on any atom is -0.484 e. The van der Waals surface area contributed by atoms with Crippen molar-refractivity contribution in [2.45, 2.75) is 13.0 Å². The highest BCUT2D eigenvalue weighted by Gasteiger charge is 2.07. The molecule has 0 fully saturated rings. The van der Waals surface area contributed by atoms with Crippen LogP contribution >= 0.6 is 0 Å². The van der Waals surface area contributed by atoms with E-state index in [9.17, 15) is 4.79 Å². The fourth-order valence-electron chi connectivity index (χ4n) is 2.13. The average Bonchev–Trinajstić information content (AvgIpc) is 2.54. The van der Waals surface area contributed by atoms with Crippen LogP contribution in [0.1, 0.15) is 6.92 Å². The van der Waals surface area contributed by atoms with Gasteiger partial charge in [-0.2, -0.15) is 0 Å². The molecule has 1 amide bonds. The molecule has 2 rings (SSSR count). The molecule has 0 aliphatic rings. The lowest BCUT2D eigenvalue weighted by Crippen LogP contribution is -2.38. The second-order valence-corrected chi connectivity index (χ2v) is 5.10. The maximum absolute atomic E-state index is 11.7. The highest BCUT2D eigenvalue weighted by atomic mass is 16.5. The molecule has 0 saturated heterocycles. The first-order valence-corrected chi connectivity index (χ1v) is 7.25. The van der Waals surface area contributed by atoms with Gasteiger partial charge in [-0.05, 0) is 30.2 Å². The number of hydrogen-bond donors (Lipinski definition) is 1. The van der Waals surface area contributed by atoms with Crippen LogP contribution in [0.15, 0.2) is 54.6 Å². The van der Waals surface area contributed by atoms with E-state index in [4.69, 9.17) is 9.47 Å². The van der Waals surface area contributed by atoms with E-state index in [2.05, 4.69) is 17.4 Å². The third-order valence-electron chi connectivity index (χ3n) is 3.16. The first kappa shape index (κ1) is 16.0. The molecule has 116 valence electrons. The molecule has 0 aromatic heterocycles. The number of nitrogens with one attached hydrogen (secondary N) is 1. The van der Waals surface area contributed by atoms with Gasteiger partial charge in [0.15, 0.2) is 6.61 Å². The summed E-state index contributed by atoms with van der Waals surface area (Å²) in [6.45, 7) is 2.37. The molecule has 0 heterocycles. The van der Waals surface area contributed by atoms with Crippen molar-refractivity contribution in [3.8, 4) is 16.9 Å². The van der Waals surface area contributed by atoms with E-state index in [1.807, 2.05) is 49.4 Å². The summed E-state index contributed by atoms with van der Waals surface area (Å²) in [7, 11) is 1.60. The third kappa shape index (κ3) is 4.90. The van der Waals surface area contributed by atoms with Crippen LogP contribution in [0.2, 0.25) is 0 Å². The van der Waals surface area contributed by atoms with Gasteiger partial charge in [-0.15, -0.1) is 0 Å². The Balaban J connectivity index is 1.85. The first-order valence-electron chi connectivity index (χ1n) is 7.25. The number of carbonyl (C=O) groups is 1. The van der Waals surface area contributed by atoms with Crippen LogP contribution in [0.5, 0.6) is 5.75 Å². The third-order valence-corrected chi connectivity index (χ3v) is 3.16. The lowest BCUT2D eigenvalue weighted by molar-refractivity contribution is -0.124. The quantitative estimate of drug-likeness (QED) is 0.855. The maximum Gasteiger partial charge on any atom is 0.258 e. The Morgan fingerprint density at radius 3 is 2.32 bits per heavy atom. The Kier molecular flexibility index (Phi) is 5.98. The Labute approximate surface area is 131 Å². The minimum absolute atomic E-state index is 0.00125. The van der Waals surface area contributed by atoms with Crippen molar-refractivity contribution in [3.05, 3.63) is 54.6 Å². The van der Waals surface area contributed by atoms with E-state index in [0.717, 1.165) is 11.1 Å². The smallest absolute Gasteiger partial charge is 0.258 e. The number of benzene rings is 2. The Hall–Kier alpha value is -2.33. The van der Waals surface area contributed by atoms with Gasteiger partial charge < -0.3 is 14.8 Å². The highest BCUT2D eigenvalue weighted by Crippen LogP contribution is 2.21. The number of hydrogen-bond acceptors (Lipinski definition) is 3. The Morgan fingerprint density at radius 1 is 1.05 bits per heavy atom. The monoisotopic (exact) mass is 299 g/mol. The van der Waals surface area contributed by atoms with Crippen LogP contribution in [0.25, 0.3) is 11.1 Å². The lowest BCUT2D eigenvalue weighted by atomic mass is 10.1. The van der Waals surface area contributed by atoms with Crippen molar-refractivity contribution in [1.29, 1.82) is 0 Å². The molecule has 0 saturated carbocycles. The molecular weight excluding hydrogens is 278 g/mol. The van der Waals surface area contributed by atoms with Gasteiger partial charge in [0.25, 0.3) is 5.91 Å². The van der Waals surface area contributed by atoms with E-state index >= 15 is 0 Å². The lowest BCUT2D eigenvalue weighted by Gasteiger charge is -2.13. The van der Waals surface area contributed by atoms with Crippen molar-refractivity contribution < 1.29 is 14.3 Å². The van der Waals surface area contributed by atoms with E-state index in [0.29, 0.717) is 12.4 Å². The molecule has 4 nitrogen and oxygen atoms in total. The first-order chi connectivity index (χ1) is 10.7. The molecule has 0 radical (unpaired) electrons. The minimum atomic E-state index is -0.156. The normalized spacial score (nSPS) is 11.7. The van der Waals surface area contributed by atoms with Crippen LogP contribution in [-0.4, -0.2) is 32.3 Å². The molecule has 22 heavy (non-hydrogen) atoms. The molecular formula is C18H21NO3. The predicted octanol–water partition coefficient (Wildman–Crippen LogP) is 2.88. The predicted molar refractivity (Wildman–Crippen MR) is 86.9 cm³/mol. The standard InChI is InChI=1S/C18H21NO3/c1-14(12-21-2)19-18(20)13-22-17-10-8-16(9-11-17)15-6-4-3-5-7-15/h3-11,14H,12-13H2,1-2H3,(H,19,20). The second kappa shape index (κ2) is 8.20. The zero-order valence-electron chi connectivity index (χ0n) is 12.9. The van der Waals surface area contributed by atoms with Gasteiger partial charge in [0.2, 0.25) is 0 Å². The van der Waals surface area contributed by atoms with Crippen molar-refractivity contribution in [2.24, 2.45) is 0 Å². The summed E-state index contributed by atoms with van der Waals surface area (Å²) in [4.78, 5) is 11.7. The molecule has 1 N–H and O–H groups in total. The summed E-state index contributed by atoms with van der Waals surface area (Å²) in [5.74, 6) is 0.519. The van der Waals surface area contributed by atoms with Gasteiger partial charge >= 0.3 is 0 Å². The van der Waals surface area contributed by atoms with Crippen molar-refractivity contribution in [3.63, 3.8) is 0 Å². The topological polar surface area (TPSA) is 47.6 Å². The van der Waals surface area contributed by atoms with E-state index in [1.54, 1.807) is 7.11 Å². The second-order valence-electron chi connectivity index (χ2n) is 5.10. The van der Waals surface area contributed by atoms with Gasteiger partial charge in [-0.3, -0.25) is 4.79 Å². The van der Waals surface area contributed by atoms with Gasteiger partial charge in [-0.25, -0.2) is 0 Å². The van der Waals surface area contributed by atoms with Crippen molar-refractivity contribution >= 4 is 5.91 Å². The number of amides is 1. The molecule has 2 aromatic carbocycles. The highest BCUT2D eigenvalue weighted by molar-refractivity contribution is 5.77. The average molecular weight is 299 g/mol. The summed E-state index contributed by atoms with van der Waals surface area (Å²) in [6.07, 6.45) is 0. The van der Waals surface area contributed by atoms with Gasteiger partial charge in [0, 0.05) is 13.2 Å². The maximum atomic E-state index is 11.7. The summed E-state index contributed by atoms with van der Waals surface area (Å²) >= 11 is 0. The molecule has 4 heteroatoms. The number of rotatable bonds is 7. The van der Waals surface area contributed by atoms with Crippen LogP contribution in [0.3, 0.4) is 0 Å². The van der Waals surface area contributed by atoms with Crippen molar-refractivity contribution in [2.75, 3.05) is 20.3 Å². The van der Waals surface area contributed by atoms with Crippen molar-refractivity contribution in [1.82, 2.24) is 5.32 Å². The molecule has 0 aliphatic carbocycles. The fraction of sp³-hybridized carbons (Fsp3) is 0.278. The number of methoxy groups -OCH3 is 1. The van der Waals surface area contributed by atoms with Crippen LogP contribution in [0, 0.1) is 0 Å². The molecule has 0 aliphatic heterocycles. The Bertz CT molecular complexity index is 581. The molecule has 2 aromatic rings. The molecule has 0 bridgehead atoms.